The first-order chi connectivity index (χ1) is 5.04. The van der Waals surface area contributed by atoms with Crippen molar-refractivity contribution < 1.29 is 4.39 Å². The Kier molecular flexibility index (Phi) is 1.90. The predicted octanol–water partition coefficient (Wildman–Crippen LogP) is 0.468. The molecular formula is C6H11FN4. The van der Waals surface area contributed by atoms with Crippen LogP contribution >= 0.6 is 0 Å². The van der Waals surface area contributed by atoms with Gasteiger partial charge in [-0.25, -0.2) is 9.37 Å². The Labute approximate surface area is 64.0 Å². The van der Waals surface area contributed by atoms with Gasteiger partial charge in [-0.3, -0.25) is 5.10 Å². The number of alkyl halides is 1. The molecule has 11 heavy (non-hydrogen) atoms. The van der Waals surface area contributed by atoms with E-state index in [2.05, 4.69) is 15.2 Å². The molecule has 0 spiro atoms. The standard InChI is InChI=1S/C6H11FN4/c1-6(2,7)5-9-4(3-8)10-11-5/h3,8H2,1-2H3,(H,9,10,11). The lowest BCUT2D eigenvalue weighted by Crippen LogP contribution is -2.11. The molecule has 62 valence electrons. The van der Waals surface area contributed by atoms with Crippen molar-refractivity contribution in [2.24, 2.45) is 5.73 Å². The van der Waals surface area contributed by atoms with Crippen LogP contribution < -0.4 is 5.73 Å². The third-order valence-corrected chi connectivity index (χ3v) is 1.26. The smallest absolute Gasteiger partial charge is 0.187 e. The molecule has 5 heteroatoms. The lowest BCUT2D eigenvalue weighted by Gasteiger charge is -2.06. The normalized spacial score (nSPS) is 12.0. The fourth-order valence-corrected chi connectivity index (χ4v) is 0.652. The molecule has 0 aliphatic heterocycles. The van der Waals surface area contributed by atoms with E-state index in [1.807, 2.05) is 0 Å². The predicted molar refractivity (Wildman–Crippen MR) is 38.4 cm³/mol. The highest BCUT2D eigenvalue weighted by Gasteiger charge is 2.23. The molecule has 0 saturated carbocycles. The second kappa shape index (κ2) is 2.58. The van der Waals surface area contributed by atoms with Crippen molar-refractivity contribution in [2.45, 2.75) is 26.1 Å². The largest absolute Gasteiger partial charge is 0.324 e. The minimum atomic E-state index is -1.50. The third kappa shape index (κ3) is 1.74. The average Bonchev–Trinajstić information content (AvgIpc) is 2.32. The van der Waals surface area contributed by atoms with Crippen LogP contribution in [0, 0.1) is 0 Å². The van der Waals surface area contributed by atoms with E-state index in [9.17, 15) is 4.39 Å². The Bertz CT molecular complexity index is 237. The lowest BCUT2D eigenvalue weighted by atomic mass is 10.2. The molecule has 1 rings (SSSR count). The van der Waals surface area contributed by atoms with Crippen molar-refractivity contribution in [3.8, 4) is 0 Å². The summed E-state index contributed by atoms with van der Waals surface area (Å²) in [4.78, 5) is 3.83. The van der Waals surface area contributed by atoms with Crippen LogP contribution in [0.4, 0.5) is 4.39 Å². The van der Waals surface area contributed by atoms with Crippen LogP contribution in [0.1, 0.15) is 25.5 Å². The molecule has 0 fully saturated rings. The Morgan fingerprint density at radius 1 is 1.64 bits per heavy atom. The fourth-order valence-electron chi connectivity index (χ4n) is 0.652. The summed E-state index contributed by atoms with van der Waals surface area (Å²) < 4.78 is 13.1. The molecule has 1 aromatic rings. The van der Waals surface area contributed by atoms with Crippen molar-refractivity contribution in [3.63, 3.8) is 0 Å². The van der Waals surface area contributed by atoms with Gasteiger partial charge in [-0.05, 0) is 13.8 Å². The van der Waals surface area contributed by atoms with Crippen LogP contribution in [0.15, 0.2) is 0 Å². The van der Waals surface area contributed by atoms with E-state index in [1.165, 1.54) is 13.8 Å². The summed E-state index contributed by atoms with van der Waals surface area (Å²) in [6.07, 6.45) is 0. The molecule has 0 saturated heterocycles. The van der Waals surface area contributed by atoms with Crippen LogP contribution in [0.25, 0.3) is 0 Å². The Balaban J connectivity index is 2.89. The number of hydrogen-bond acceptors (Lipinski definition) is 3. The van der Waals surface area contributed by atoms with Gasteiger partial charge < -0.3 is 5.73 Å². The van der Waals surface area contributed by atoms with Gasteiger partial charge in [-0.15, -0.1) is 0 Å². The topological polar surface area (TPSA) is 67.6 Å². The summed E-state index contributed by atoms with van der Waals surface area (Å²) in [5.74, 6) is 0.656. The maximum atomic E-state index is 13.1. The van der Waals surface area contributed by atoms with E-state index in [1.54, 1.807) is 0 Å². The van der Waals surface area contributed by atoms with Crippen molar-refractivity contribution in [1.29, 1.82) is 0 Å². The molecule has 0 amide bonds. The highest BCUT2D eigenvalue weighted by atomic mass is 19.1. The van der Waals surface area contributed by atoms with E-state index in [0.717, 1.165) is 0 Å². The number of nitrogens with two attached hydrogens (primary N) is 1. The second-order valence-corrected chi connectivity index (χ2v) is 2.78. The van der Waals surface area contributed by atoms with Crippen molar-refractivity contribution in [2.75, 3.05) is 0 Å². The minimum absolute atomic E-state index is 0.151. The number of rotatable bonds is 2. The maximum absolute atomic E-state index is 13.1. The Morgan fingerprint density at radius 3 is 2.55 bits per heavy atom. The zero-order valence-corrected chi connectivity index (χ0v) is 6.56. The van der Waals surface area contributed by atoms with Gasteiger partial charge in [0.25, 0.3) is 0 Å². The second-order valence-electron chi connectivity index (χ2n) is 2.78. The summed E-state index contributed by atoms with van der Waals surface area (Å²) in [6.45, 7) is 3.05. The maximum Gasteiger partial charge on any atom is 0.187 e. The first-order valence-electron chi connectivity index (χ1n) is 3.35. The molecule has 0 radical (unpaired) electrons. The number of halogens is 1. The molecule has 1 aromatic heterocycles. The first-order valence-corrected chi connectivity index (χ1v) is 3.35. The molecule has 0 aliphatic rings. The number of H-pyrrole nitrogens is 1. The number of aromatic amines is 1. The summed E-state index contributed by atoms with van der Waals surface area (Å²) >= 11 is 0. The monoisotopic (exact) mass is 158 g/mol. The zero-order chi connectivity index (χ0) is 8.48. The molecule has 0 aromatic carbocycles. The van der Waals surface area contributed by atoms with Gasteiger partial charge >= 0.3 is 0 Å². The summed E-state index contributed by atoms with van der Waals surface area (Å²) in [6, 6.07) is 0. The van der Waals surface area contributed by atoms with Crippen LogP contribution in [0.2, 0.25) is 0 Å². The van der Waals surface area contributed by atoms with Crippen molar-refractivity contribution in [1.82, 2.24) is 15.2 Å². The summed E-state index contributed by atoms with van der Waals surface area (Å²) in [5.41, 5.74) is 3.75. The quantitative estimate of drug-likeness (QED) is 0.657. The van der Waals surface area contributed by atoms with Crippen LogP contribution in [-0.4, -0.2) is 15.2 Å². The third-order valence-electron chi connectivity index (χ3n) is 1.26. The van der Waals surface area contributed by atoms with Gasteiger partial charge in [0.2, 0.25) is 0 Å². The Hall–Kier alpha value is -0.970. The van der Waals surface area contributed by atoms with Crippen molar-refractivity contribution >= 4 is 0 Å². The minimum Gasteiger partial charge on any atom is -0.324 e. The molecule has 4 nitrogen and oxygen atoms in total. The van der Waals surface area contributed by atoms with E-state index in [4.69, 9.17) is 5.73 Å². The number of hydrogen-bond donors (Lipinski definition) is 2. The van der Waals surface area contributed by atoms with Gasteiger partial charge in [0, 0.05) is 0 Å². The number of nitrogens with one attached hydrogen (secondary N) is 1. The molecule has 0 atom stereocenters. The molecule has 0 aliphatic carbocycles. The van der Waals surface area contributed by atoms with Gasteiger partial charge in [0.05, 0.1) is 6.54 Å². The van der Waals surface area contributed by atoms with Crippen LogP contribution in [0.5, 0.6) is 0 Å². The lowest BCUT2D eigenvalue weighted by molar-refractivity contribution is 0.207. The molecule has 3 N–H and O–H groups in total. The van der Waals surface area contributed by atoms with Gasteiger partial charge in [-0.1, -0.05) is 0 Å². The van der Waals surface area contributed by atoms with Crippen LogP contribution in [-0.2, 0) is 12.2 Å². The van der Waals surface area contributed by atoms with E-state index >= 15 is 0 Å². The molecular weight excluding hydrogens is 147 g/mol. The Morgan fingerprint density at radius 2 is 2.27 bits per heavy atom. The van der Waals surface area contributed by atoms with Gasteiger partial charge in [0.15, 0.2) is 11.5 Å². The zero-order valence-electron chi connectivity index (χ0n) is 6.56. The SMILES string of the molecule is CC(C)(F)c1n[nH]c(CN)n1. The van der Waals surface area contributed by atoms with Gasteiger partial charge in [-0.2, -0.15) is 5.10 Å². The van der Waals surface area contributed by atoms with E-state index in [-0.39, 0.29) is 12.4 Å². The highest BCUT2D eigenvalue weighted by molar-refractivity contribution is 4.98. The van der Waals surface area contributed by atoms with E-state index in [0.29, 0.717) is 5.82 Å². The highest BCUT2D eigenvalue weighted by Crippen LogP contribution is 2.19. The number of nitrogens with zero attached hydrogens (tertiary/aromatic N) is 2. The summed E-state index contributed by atoms with van der Waals surface area (Å²) in [5, 5.41) is 6.20. The van der Waals surface area contributed by atoms with E-state index < -0.39 is 5.67 Å². The van der Waals surface area contributed by atoms with Gasteiger partial charge in [0.1, 0.15) is 5.82 Å². The van der Waals surface area contributed by atoms with Crippen LogP contribution in [0.3, 0.4) is 0 Å². The number of aromatic nitrogens is 3. The fraction of sp³-hybridized carbons (Fsp3) is 0.667. The molecule has 1 heterocycles. The molecule has 0 unspecified atom stereocenters. The molecule has 0 bridgehead atoms. The summed E-state index contributed by atoms with van der Waals surface area (Å²) in [7, 11) is 0. The average molecular weight is 158 g/mol. The first kappa shape index (κ1) is 8.13. The van der Waals surface area contributed by atoms with Crippen molar-refractivity contribution in [3.05, 3.63) is 11.6 Å².